The number of hydrogen-bond acceptors (Lipinski definition) is 6. The highest BCUT2D eigenvalue weighted by molar-refractivity contribution is 6.03. The van der Waals surface area contributed by atoms with E-state index in [1.54, 1.807) is 44.2 Å². The summed E-state index contributed by atoms with van der Waals surface area (Å²) >= 11 is 0. The van der Waals surface area contributed by atoms with Crippen LogP contribution < -0.4 is 11.1 Å². The van der Waals surface area contributed by atoms with Gasteiger partial charge in [0, 0.05) is 6.20 Å². The molecule has 154 valence electrons. The number of pyridine rings is 2. The van der Waals surface area contributed by atoms with E-state index in [2.05, 4.69) is 20.3 Å². The van der Waals surface area contributed by atoms with E-state index in [4.69, 9.17) is 10.5 Å². The summed E-state index contributed by atoms with van der Waals surface area (Å²) in [5.74, 6) is -0.929. The van der Waals surface area contributed by atoms with Gasteiger partial charge in [0.25, 0.3) is 5.91 Å². The lowest BCUT2D eigenvalue weighted by molar-refractivity contribution is -0.249. The van der Waals surface area contributed by atoms with Crippen molar-refractivity contribution in [1.82, 2.24) is 9.97 Å². The summed E-state index contributed by atoms with van der Waals surface area (Å²) in [5.41, 5.74) is 2.97. The van der Waals surface area contributed by atoms with Gasteiger partial charge >= 0.3 is 6.18 Å². The molecule has 0 saturated carbocycles. The number of anilines is 1. The summed E-state index contributed by atoms with van der Waals surface area (Å²) < 4.78 is 44.9. The molecule has 0 saturated heterocycles. The van der Waals surface area contributed by atoms with Gasteiger partial charge in [-0.25, -0.2) is 4.98 Å². The third-order valence-corrected chi connectivity index (χ3v) is 4.81. The number of amidine groups is 1. The Labute approximate surface area is 165 Å². The van der Waals surface area contributed by atoms with Crippen molar-refractivity contribution in [2.75, 3.05) is 11.9 Å². The van der Waals surface area contributed by atoms with E-state index in [0.29, 0.717) is 11.3 Å². The lowest BCUT2D eigenvalue weighted by Gasteiger charge is -2.40. The molecule has 1 aliphatic rings. The van der Waals surface area contributed by atoms with Crippen LogP contribution in [0.1, 0.15) is 35.6 Å². The standard InChI is InChI=1S/C19H20F3N5O2/c1-11-6-5-9-24-14(11)15(28)26-13-8-4-7-12(25-13)17(2)10-29-18(3,16(23)27-17)19(20,21)22/h4-9H,10H2,1-3H3,(H2,23,27)(H,25,26,28). The lowest BCUT2D eigenvalue weighted by Crippen LogP contribution is -2.60. The molecule has 7 nitrogen and oxygen atoms in total. The van der Waals surface area contributed by atoms with Gasteiger partial charge < -0.3 is 15.8 Å². The third-order valence-electron chi connectivity index (χ3n) is 4.81. The van der Waals surface area contributed by atoms with E-state index in [9.17, 15) is 18.0 Å². The molecule has 2 unspecified atom stereocenters. The number of ether oxygens (including phenoxy) is 1. The van der Waals surface area contributed by atoms with E-state index in [1.807, 2.05) is 0 Å². The fourth-order valence-corrected chi connectivity index (χ4v) is 2.83. The second kappa shape index (κ2) is 7.11. The number of aromatic nitrogens is 2. The molecule has 2 aromatic rings. The Morgan fingerprint density at radius 3 is 2.59 bits per heavy atom. The first-order valence-electron chi connectivity index (χ1n) is 8.73. The molecule has 10 heteroatoms. The summed E-state index contributed by atoms with van der Waals surface area (Å²) in [5, 5.41) is 2.63. The first kappa shape index (κ1) is 20.7. The average molecular weight is 407 g/mol. The highest BCUT2D eigenvalue weighted by Crippen LogP contribution is 2.40. The van der Waals surface area contributed by atoms with E-state index in [0.717, 1.165) is 6.92 Å². The Bertz CT molecular complexity index is 978. The number of nitrogens with two attached hydrogens (primary N) is 1. The summed E-state index contributed by atoms with van der Waals surface area (Å²) in [6.45, 7) is 3.77. The van der Waals surface area contributed by atoms with Crippen molar-refractivity contribution >= 4 is 17.6 Å². The molecule has 29 heavy (non-hydrogen) atoms. The van der Waals surface area contributed by atoms with Crippen LogP contribution in [0.5, 0.6) is 0 Å². The van der Waals surface area contributed by atoms with Crippen LogP contribution in [0.4, 0.5) is 19.0 Å². The Hall–Kier alpha value is -3.01. The number of carbonyl (C=O) groups is 1. The smallest absolute Gasteiger partial charge is 0.385 e. The summed E-state index contributed by atoms with van der Waals surface area (Å²) in [6.07, 6.45) is -3.20. The maximum atomic E-state index is 13.3. The maximum absolute atomic E-state index is 13.3. The van der Waals surface area contributed by atoms with Crippen molar-refractivity contribution in [1.29, 1.82) is 0 Å². The summed E-state index contributed by atoms with van der Waals surface area (Å²) in [6, 6.07) is 8.21. The average Bonchev–Trinajstić information content (AvgIpc) is 2.65. The van der Waals surface area contributed by atoms with Crippen molar-refractivity contribution in [3.63, 3.8) is 0 Å². The van der Waals surface area contributed by atoms with Crippen molar-refractivity contribution in [2.24, 2.45) is 10.7 Å². The van der Waals surface area contributed by atoms with Crippen LogP contribution in [0.25, 0.3) is 0 Å². The number of aryl methyl sites for hydroxylation is 1. The predicted octanol–water partition coefficient (Wildman–Crippen LogP) is 2.96. The number of carbonyl (C=O) groups excluding carboxylic acids is 1. The van der Waals surface area contributed by atoms with Gasteiger partial charge in [-0.2, -0.15) is 13.2 Å². The quantitative estimate of drug-likeness (QED) is 0.814. The Morgan fingerprint density at radius 2 is 1.97 bits per heavy atom. The lowest BCUT2D eigenvalue weighted by atomic mass is 9.93. The molecule has 0 aromatic carbocycles. The summed E-state index contributed by atoms with van der Waals surface area (Å²) in [7, 11) is 0. The largest absolute Gasteiger partial charge is 0.424 e. The van der Waals surface area contributed by atoms with Gasteiger partial charge in [-0.05, 0) is 44.5 Å². The molecule has 2 aromatic heterocycles. The normalized spacial score (nSPS) is 24.7. The number of nitrogens with one attached hydrogen (secondary N) is 1. The minimum atomic E-state index is -4.70. The number of hydrogen-bond donors (Lipinski definition) is 2. The molecule has 1 amide bonds. The zero-order valence-corrected chi connectivity index (χ0v) is 16.0. The first-order valence-corrected chi connectivity index (χ1v) is 8.73. The fraction of sp³-hybridized carbons (Fsp3) is 0.368. The second-order valence-corrected chi connectivity index (χ2v) is 7.12. The van der Waals surface area contributed by atoms with Crippen molar-refractivity contribution in [3.8, 4) is 0 Å². The molecule has 2 atom stereocenters. The van der Waals surface area contributed by atoms with Crippen LogP contribution >= 0.6 is 0 Å². The zero-order chi connectivity index (χ0) is 21.4. The summed E-state index contributed by atoms with van der Waals surface area (Å²) in [4.78, 5) is 24.9. The van der Waals surface area contributed by atoms with Gasteiger partial charge in [0.2, 0.25) is 5.60 Å². The zero-order valence-electron chi connectivity index (χ0n) is 16.0. The van der Waals surface area contributed by atoms with E-state index in [-0.39, 0.29) is 18.1 Å². The van der Waals surface area contributed by atoms with Crippen LogP contribution in [0, 0.1) is 6.92 Å². The molecule has 3 heterocycles. The van der Waals surface area contributed by atoms with Gasteiger partial charge in [0.15, 0.2) is 0 Å². The van der Waals surface area contributed by atoms with Crippen LogP contribution in [-0.2, 0) is 10.3 Å². The monoisotopic (exact) mass is 407 g/mol. The molecule has 0 fully saturated rings. The number of rotatable bonds is 3. The molecule has 3 rings (SSSR count). The van der Waals surface area contributed by atoms with Crippen molar-refractivity contribution in [3.05, 3.63) is 53.5 Å². The minimum Gasteiger partial charge on any atom is -0.385 e. The highest BCUT2D eigenvalue weighted by Gasteiger charge is 2.59. The van der Waals surface area contributed by atoms with Crippen molar-refractivity contribution < 1.29 is 22.7 Å². The number of nitrogens with zero attached hydrogens (tertiary/aromatic N) is 3. The van der Waals surface area contributed by atoms with Crippen LogP contribution in [0.3, 0.4) is 0 Å². The van der Waals surface area contributed by atoms with Gasteiger partial charge in [-0.1, -0.05) is 12.1 Å². The Balaban J connectivity index is 1.88. The number of halogens is 3. The number of aliphatic imine (C=N–C) groups is 1. The molecular formula is C19H20F3N5O2. The van der Waals surface area contributed by atoms with E-state index in [1.165, 1.54) is 6.20 Å². The van der Waals surface area contributed by atoms with Gasteiger partial charge in [-0.3, -0.25) is 14.8 Å². The molecule has 0 radical (unpaired) electrons. The van der Waals surface area contributed by atoms with Gasteiger partial charge in [-0.15, -0.1) is 0 Å². The Morgan fingerprint density at radius 1 is 1.24 bits per heavy atom. The first-order chi connectivity index (χ1) is 13.5. The van der Waals surface area contributed by atoms with Crippen LogP contribution in [-0.4, -0.2) is 40.1 Å². The SMILES string of the molecule is Cc1cccnc1C(=O)Nc1cccc(C2(C)COC(C)(C(F)(F)F)C(N)=N2)n1. The third kappa shape index (κ3) is 3.80. The molecule has 0 aliphatic carbocycles. The molecule has 0 spiro atoms. The van der Waals surface area contributed by atoms with E-state index < -0.39 is 29.1 Å². The minimum absolute atomic E-state index is 0.205. The van der Waals surface area contributed by atoms with Crippen molar-refractivity contribution in [2.45, 2.75) is 38.1 Å². The topological polar surface area (TPSA) is 102 Å². The highest BCUT2D eigenvalue weighted by atomic mass is 19.4. The molecule has 0 bridgehead atoms. The van der Waals surface area contributed by atoms with E-state index >= 15 is 0 Å². The fourth-order valence-electron chi connectivity index (χ4n) is 2.83. The van der Waals surface area contributed by atoms with Gasteiger partial charge in [0.1, 0.15) is 22.9 Å². The predicted molar refractivity (Wildman–Crippen MR) is 101 cm³/mol. The van der Waals surface area contributed by atoms with Crippen LogP contribution in [0.2, 0.25) is 0 Å². The second-order valence-electron chi connectivity index (χ2n) is 7.12. The molecule has 3 N–H and O–H groups in total. The number of amides is 1. The number of alkyl halides is 3. The van der Waals surface area contributed by atoms with Gasteiger partial charge in [0.05, 0.1) is 12.3 Å². The maximum Gasteiger partial charge on any atom is 0.424 e. The van der Waals surface area contributed by atoms with Crippen LogP contribution in [0.15, 0.2) is 41.5 Å². The molecular weight excluding hydrogens is 387 g/mol. The Kier molecular flexibility index (Phi) is 5.08. The molecule has 1 aliphatic heterocycles.